The van der Waals surface area contributed by atoms with Crippen LogP contribution < -0.4 is 10.6 Å². The number of hydrogen-bond acceptors (Lipinski definition) is 4. The number of carbonyl (C=O) groups excluding carboxylic acids is 2. The summed E-state index contributed by atoms with van der Waals surface area (Å²) < 4.78 is 14.5. The maximum Gasteiger partial charge on any atom is 0.342 e. The summed E-state index contributed by atoms with van der Waals surface area (Å²) in [5.41, 5.74) is 2.74. The van der Waals surface area contributed by atoms with E-state index in [0.29, 0.717) is 16.9 Å². The zero-order chi connectivity index (χ0) is 26.8. The summed E-state index contributed by atoms with van der Waals surface area (Å²) in [6.07, 6.45) is 2.91. The van der Waals surface area contributed by atoms with Crippen LogP contribution in [0.15, 0.2) is 66.7 Å². The summed E-state index contributed by atoms with van der Waals surface area (Å²) in [5.74, 6) is -0.745. The Labute approximate surface area is 228 Å². The number of aromatic nitrogens is 2. The first-order chi connectivity index (χ1) is 18.3. The van der Waals surface area contributed by atoms with Crippen molar-refractivity contribution in [3.8, 4) is 17.0 Å². The van der Waals surface area contributed by atoms with E-state index < -0.39 is 11.9 Å². The Morgan fingerprint density at radius 3 is 2.39 bits per heavy atom. The molecule has 1 heterocycles. The van der Waals surface area contributed by atoms with Gasteiger partial charge in [-0.05, 0) is 66.9 Å². The number of aromatic hydroxyl groups is 1. The highest BCUT2D eigenvalue weighted by Crippen LogP contribution is 2.39. The highest BCUT2D eigenvalue weighted by Gasteiger charge is 2.28. The van der Waals surface area contributed by atoms with Crippen molar-refractivity contribution in [2.24, 2.45) is 0 Å². The van der Waals surface area contributed by atoms with E-state index in [9.17, 15) is 19.1 Å². The summed E-state index contributed by atoms with van der Waals surface area (Å²) in [7, 11) is 0. The van der Waals surface area contributed by atoms with E-state index in [-0.39, 0.29) is 39.6 Å². The fraction of sp³-hybridized carbons (Fsp3) is 0.179. The minimum Gasteiger partial charge on any atom is -0.507 e. The molecule has 5 rings (SSSR count). The fourth-order valence-electron chi connectivity index (χ4n) is 4.27. The third-order valence-electron chi connectivity index (χ3n) is 6.53. The zero-order valence-electron chi connectivity index (χ0n) is 20.0. The lowest BCUT2D eigenvalue weighted by molar-refractivity contribution is 0.102. The predicted octanol–water partition coefficient (Wildman–Crippen LogP) is 6.98. The first-order valence-electron chi connectivity index (χ1n) is 12.0. The Kier molecular flexibility index (Phi) is 7.35. The van der Waals surface area contributed by atoms with Crippen LogP contribution >= 0.6 is 23.2 Å². The van der Waals surface area contributed by atoms with Gasteiger partial charge >= 0.3 is 6.03 Å². The molecule has 0 unspecified atom stereocenters. The number of rotatable bonds is 6. The number of nitrogens with zero attached hydrogens (tertiary/aromatic N) is 2. The van der Waals surface area contributed by atoms with Gasteiger partial charge in [0.25, 0.3) is 5.91 Å². The normalized spacial score (nSPS) is 13.1. The molecule has 0 atom stereocenters. The van der Waals surface area contributed by atoms with Gasteiger partial charge in [-0.15, -0.1) is 0 Å². The molecule has 38 heavy (non-hydrogen) atoms. The van der Waals surface area contributed by atoms with Gasteiger partial charge in [0.05, 0.1) is 27.0 Å². The minimum absolute atomic E-state index is 0.0599. The summed E-state index contributed by atoms with van der Waals surface area (Å²) in [6.45, 7) is 0.204. The quantitative estimate of drug-likeness (QED) is 0.225. The number of phenolic OH excluding ortho intramolecular Hbond substituents is 1. The highest BCUT2D eigenvalue weighted by atomic mass is 35.5. The summed E-state index contributed by atoms with van der Waals surface area (Å²) in [5, 5.41) is 21.1. The van der Waals surface area contributed by atoms with Crippen LogP contribution in [0.1, 0.15) is 46.8 Å². The van der Waals surface area contributed by atoms with Crippen LogP contribution in [0.2, 0.25) is 10.0 Å². The molecule has 0 aliphatic heterocycles. The Balaban J connectivity index is 1.41. The Morgan fingerprint density at radius 2 is 1.74 bits per heavy atom. The number of phenols is 1. The standard InChI is InChI=1S/C28H23Cl2FN4O3/c29-21-5-2-6-22(30)26(21)27(37)33-19-11-12-25(36)20(13-19)23-14-24(17-3-1-4-17)35(34-23)28(38)32-15-16-7-9-18(31)10-8-16/h2,5-14,17,36H,1,3-4,15H2,(H,32,38)(H,33,37). The van der Waals surface area contributed by atoms with Gasteiger partial charge in [0.15, 0.2) is 0 Å². The van der Waals surface area contributed by atoms with Crippen LogP contribution in [0.25, 0.3) is 11.3 Å². The van der Waals surface area contributed by atoms with Gasteiger partial charge in [-0.2, -0.15) is 9.78 Å². The molecule has 1 fully saturated rings. The smallest absolute Gasteiger partial charge is 0.342 e. The molecule has 2 amide bonds. The SMILES string of the molecule is O=C(Nc1ccc(O)c(-c2cc(C3CCC3)n(C(=O)NCc3ccc(F)cc3)n2)c1)c1c(Cl)cccc1Cl. The Morgan fingerprint density at radius 1 is 1.03 bits per heavy atom. The molecule has 1 aromatic heterocycles. The van der Waals surface area contributed by atoms with Gasteiger partial charge in [0.1, 0.15) is 11.6 Å². The van der Waals surface area contributed by atoms with Crippen LogP contribution in [0.3, 0.4) is 0 Å². The van der Waals surface area contributed by atoms with Crippen LogP contribution in [0, 0.1) is 5.82 Å². The van der Waals surface area contributed by atoms with Crippen molar-refractivity contribution < 1.29 is 19.1 Å². The van der Waals surface area contributed by atoms with E-state index in [1.165, 1.54) is 22.9 Å². The van der Waals surface area contributed by atoms with Gasteiger partial charge in [0.2, 0.25) is 0 Å². The van der Waals surface area contributed by atoms with Gasteiger partial charge in [0, 0.05) is 23.7 Å². The van der Waals surface area contributed by atoms with E-state index in [4.69, 9.17) is 23.2 Å². The van der Waals surface area contributed by atoms with Gasteiger partial charge < -0.3 is 15.7 Å². The Hall–Kier alpha value is -3.88. The topological polar surface area (TPSA) is 96.2 Å². The highest BCUT2D eigenvalue weighted by molar-refractivity contribution is 6.40. The Bertz CT molecular complexity index is 1500. The number of benzene rings is 3. The maximum atomic E-state index is 13.2. The van der Waals surface area contributed by atoms with Gasteiger partial charge in [-0.3, -0.25) is 4.79 Å². The number of carbonyl (C=O) groups is 2. The maximum absolute atomic E-state index is 13.2. The number of halogens is 3. The number of anilines is 1. The largest absolute Gasteiger partial charge is 0.507 e. The third-order valence-corrected chi connectivity index (χ3v) is 7.16. The third kappa shape index (κ3) is 5.37. The molecule has 3 aromatic carbocycles. The molecule has 10 heteroatoms. The molecule has 1 saturated carbocycles. The van der Waals surface area contributed by atoms with Crippen molar-refractivity contribution in [1.82, 2.24) is 15.1 Å². The van der Waals surface area contributed by atoms with Crippen molar-refractivity contribution >= 4 is 40.8 Å². The van der Waals surface area contributed by atoms with Crippen molar-refractivity contribution in [2.75, 3.05) is 5.32 Å². The second kappa shape index (κ2) is 10.8. The van der Waals surface area contributed by atoms with E-state index >= 15 is 0 Å². The average molecular weight is 553 g/mol. The molecule has 0 spiro atoms. The van der Waals surface area contributed by atoms with E-state index in [2.05, 4.69) is 15.7 Å². The van der Waals surface area contributed by atoms with Crippen LogP contribution in [0.5, 0.6) is 5.75 Å². The van der Waals surface area contributed by atoms with Crippen LogP contribution in [-0.4, -0.2) is 26.8 Å². The predicted molar refractivity (Wildman–Crippen MR) is 144 cm³/mol. The molecule has 194 valence electrons. The number of amides is 2. The number of nitrogens with one attached hydrogen (secondary N) is 2. The fourth-order valence-corrected chi connectivity index (χ4v) is 4.84. The molecule has 1 aliphatic carbocycles. The van der Waals surface area contributed by atoms with Crippen molar-refractivity contribution in [3.63, 3.8) is 0 Å². The van der Waals surface area contributed by atoms with Crippen molar-refractivity contribution in [1.29, 1.82) is 0 Å². The summed E-state index contributed by atoms with van der Waals surface area (Å²) >= 11 is 12.3. The molecule has 0 radical (unpaired) electrons. The molecular weight excluding hydrogens is 530 g/mol. The van der Waals surface area contributed by atoms with Crippen molar-refractivity contribution in [2.45, 2.75) is 31.7 Å². The minimum atomic E-state index is -0.502. The van der Waals surface area contributed by atoms with Crippen LogP contribution in [0.4, 0.5) is 14.9 Å². The van der Waals surface area contributed by atoms with E-state index in [0.717, 1.165) is 30.5 Å². The lowest BCUT2D eigenvalue weighted by Crippen LogP contribution is -2.31. The molecule has 3 N–H and O–H groups in total. The lowest BCUT2D eigenvalue weighted by atomic mass is 9.82. The second-order valence-electron chi connectivity index (χ2n) is 9.06. The molecule has 4 aromatic rings. The van der Waals surface area contributed by atoms with Crippen LogP contribution in [-0.2, 0) is 6.54 Å². The van der Waals surface area contributed by atoms with Gasteiger partial charge in [-0.1, -0.05) is 47.8 Å². The van der Waals surface area contributed by atoms with E-state index in [1.54, 1.807) is 48.5 Å². The molecule has 0 saturated heterocycles. The van der Waals surface area contributed by atoms with Gasteiger partial charge in [-0.25, -0.2) is 9.18 Å². The second-order valence-corrected chi connectivity index (χ2v) is 9.88. The molecule has 0 bridgehead atoms. The number of hydrogen-bond donors (Lipinski definition) is 3. The molecular formula is C28H23Cl2FN4O3. The zero-order valence-corrected chi connectivity index (χ0v) is 21.6. The monoisotopic (exact) mass is 552 g/mol. The van der Waals surface area contributed by atoms with Crippen molar-refractivity contribution in [3.05, 3.63) is 99.4 Å². The molecule has 7 nitrogen and oxygen atoms in total. The first kappa shape index (κ1) is 25.8. The lowest BCUT2D eigenvalue weighted by Gasteiger charge is -2.25. The van der Waals surface area contributed by atoms with E-state index in [1.807, 2.05) is 0 Å². The summed E-state index contributed by atoms with van der Waals surface area (Å²) in [6, 6.07) is 16.6. The average Bonchev–Trinajstić information content (AvgIpc) is 3.28. The summed E-state index contributed by atoms with van der Waals surface area (Å²) in [4.78, 5) is 25.9. The molecule has 1 aliphatic rings. The first-order valence-corrected chi connectivity index (χ1v) is 12.8.